The van der Waals surface area contributed by atoms with Crippen molar-refractivity contribution in [1.82, 2.24) is 19.9 Å². The Kier molecular flexibility index (Phi) is 5.29. The lowest BCUT2D eigenvalue weighted by atomic mass is 10.2. The van der Waals surface area contributed by atoms with Crippen molar-refractivity contribution in [3.63, 3.8) is 0 Å². The van der Waals surface area contributed by atoms with Crippen LogP contribution in [0.15, 0.2) is 61.3 Å². The number of aromatic nitrogens is 4. The summed E-state index contributed by atoms with van der Waals surface area (Å²) in [5.41, 5.74) is 2.36. The Morgan fingerprint density at radius 3 is 2.62 bits per heavy atom. The van der Waals surface area contributed by atoms with Crippen LogP contribution in [0.1, 0.15) is 11.1 Å². The zero-order valence-electron chi connectivity index (χ0n) is 13.6. The average Bonchev–Trinajstić information content (AvgIpc) is 2.66. The Labute approximate surface area is 141 Å². The number of nitrogens with zero attached hydrogens (tertiary/aromatic N) is 5. The molecule has 0 radical (unpaired) electrons. The van der Waals surface area contributed by atoms with Crippen LogP contribution in [0.3, 0.4) is 0 Å². The van der Waals surface area contributed by atoms with E-state index in [0.717, 1.165) is 24.3 Å². The fraction of sp³-hybridized carbons (Fsp3) is 0.222. The van der Waals surface area contributed by atoms with E-state index in [2.05, 4.69) is 30.2 Å². The summed E-state index contributed by atoms with van der Waals surface area (Å²) in [5, 5.41) is 3.23. The van der Waals surface area contributed by atoms with Crippen molar-refractivity contribution in [2.75, 3.05) is 23.8 Å². The highest BCUT2D eigenvalue weighted by Crippen LogP contribution is 2.12. The van der Waals surface area contributed by atoms with E-state index in [1.54, 1.807) is 12.4 Å². The molecule has 0 aliphatic heterocycles. The topological polar surface area (TPSA) is 66.8 Å². The Morgan fingerprint density at radius 1 is 0.958 bits per heavy atom. The molecule has 3 aromatic rings. The number of hydrogen-bond acceptors (Lipinski definition) is 6. The molecular weight excluding hydrogens is 300 g/mol. The van der Waals surface area contributed by atoms with Crippen molar-refractivity contribution in [2.45, 2.75) is 13.0 Å². The molecule has 0 saturated heterocycles. The summed E-state index contributed by atoms with van der Waals surface area (Å²) in [6.07, 6.45) is 9.95. The smallest absolute Gasteiger partial charge is 0.224 e. The van der Waals surface area contributed by atoms with E-state index in [-0.39, 0.29) is 0 Å². The van der Waals surface area contributed by atoms with Crippen LogP contribution < -0.4 is 10.2 Å². The van der Waals surface area contributed by atoms with Crippen molar-refractivity contribution < 1.29 is 0 Å². The standard InChI is InChI=1S/C18H20N6/c1-24(12-7-15-4-9-19-10-5-15)17-6-11-21-18(23-17)22-14-16-3-2-8-20-13-16/h2-6,8-11,13H,7,12,14H2,1H3,(H,21,22,23). The first-order valence-corrected chi connectivity index (χ1v) is 7.87. The number of rotatable bonds is 7. The Balaban J connectivity index is 1.57. The highest BCUT2D eigenvalue weighted by atomic mass is 15.2. The molecule has 6 nitrogen and oxygen atoms in total. The monoisotopic (exact) mass is 320 g/mol. The molecule has 122 valence electrons. The van der Waals surface area contributed by atoms with Crippen LogP contribution >= 0.6 is 0 Å². The molecule has 24 heavy (non-hydrogen) atoms. The van der Waals surface area contributed by atoms with Gasteiger partial charge >= 0.3 is 0 Å². The summed E-state index contributed by atoms with van der Waals surface area (Å²) in [6.45, 7) is 1.53. The van der Waals surface area contributed by atoms with Crippen molar-refractivity contribution >= 4 is 11.8 Å². The maximum absolute atomic E-state index is 4.57. The molecular formula is C18H20N6. The van der Waals surface area contributed by atoms with Crippen LogP contribution in [-0.2, 0) is 13.0 Å². The number of likely N-dealkylation sites (N-methyl/N-ethyl adjacent to an activating group) is 1. The Morgan fingerprint density at radius 2 is 1.83 bits per heavy atom. The van der Waals surface area contributed by atoms with E-state index < -0.39 is 0 Å². The van der Waals surface area contributed by atoms with Crippen LogP contribution in [0.2, 0.25) is 0 Å². The minimum atomic E-state index is 0.618. The van der Waals surface area contributed by atoms with Crippen LogP contribution in [0, 0.1) is 0 Å². The van der Waals surface area contributed by atoms with Crippen LogP contribution in [0.4, 0.5) is 11.8 Å². The molecule has 3 aromatic heterocycles. The first-order valence-electron chi connectivity index (χ1n) is 7.87. The van der Waals surface area contributed by atoms with Gasteiger partial charge in [0, 0.05) is 51.1 Å². The maximum atomic E-state index is 4.57. The van der Waals surface area contributed by atoms with E-state index in [1.165, 1.54) is 5.56 Å². The Bertz CT molecular complexity index is 748. The number of hydrogen-bond donors (Lipinski definition) is 1. The molecule has 3 rings (SSSR count). The minimum Gasteiger partial charge on any atom is -0.359 e. The van der Waals surface area contributed by atoms with E-state index in [1.807, 2.05) is 56.0 Å². The van der Waals surface area contributed by atoms with Gasteiger partial charge in [0.25, 0.3) is 0 Å². The van der Waals surface area contributed by atoms with Crippen molar-refractivity contribution in [3.8, 4) is 0 Å². The summed E-state index contributed by atoms with van der Waals surface area (Å²) >= 11 is 0. The van der Waals surface area contributed by atoms with Gasteiger partial charge in [0.15, 0.2) is 0 Å². The number of nitrogens with one attached hydrogen (secondary N) is 1. The van der Waals surface area contributed by atoms with Gasteiger partial charge in [-0.25, -0.2) is 4.98 Å². The zero-order chi connectivity index (χ0) is 16.6. The molecule has 0 bridgehead atoms. The lowest BCUT2D eigenvalue weighted by molar-refractivity contribution is 0.853. The van der Waals surface area contributed by atoms with Gasteiger partial charge in [-0.05, 0) is 41.8 Å². The van der Waals surface area contributed by atoms with E-state index in [0.29, 0.717) is 12.5 Å². The third-order valence-electron chi connectivity index (χ3n) is 3.69. The molecule has 0 atom stereocenters. The first kappa shape index (κ1) is 15.9. The van der Waals surface area contributed by atoms with Gasteiger partial charge < -0.3 is 10.2 Å². The molecule has 0 aromatic carbocycles. The van der Waals surface area contributed by atoms with Crippen LogP contribution in [-0.4, -0.2) is 33.5 Å². The van der Waals surface area contributed by atoms with Gasteiger partial charge in [0.1, 0.15) is 5.82 Å². The Hall–Kier alpha value is -3.02. The van der Waals surface area contributed by atoms with Crippen LogP contribution in [0.25, 0.3) is 0 Å². The quantitative estimate of drug-likeness (QED) is 0.722. The molecule has 0 spiro atoms. The van der Waals surface area contributed by atoms with Gasteiger partial charge in [-0.1, -0.05) is 6.07 Å². The van der Waals surface area contributed by atoms with Crippen molar-refractivity contribution in [2.24, 2.45) is 0 Å². The lowest BCUT2D eigenvalue weighted by Crippen LogP contribution is -2.22. The third-order valence-corrected chi connectivity index (χ3v) is 3.69. The molecule has 0 aliphatic carbocycles. The highest BCUT2D eigenvalue weighted by molar-refractivity contribution is 5.42. The van der Waals surface area contributed by atoms with Gasteiger partial charge in [0.05, 0.1) is 0 Å². The third kappa shape index (κ3) is 4.49. The molecule has 1 N–H and O–H groups in total. The summed E-state index contributed by atoms with van der Waals surface area (Å²) in [4.78, 5) is 19.1. The van der Waals surface area contributed by atoms with Crippen LogP contribution in [0.5, 0.6) is 0 Å². The second-order valence-electron chi connectivity index (χ2n) is 5.48. The summed E-state index contributed by atoms with van der Waals surface area (Å²) in [5.74, 6) is 1.51. The summed E-state index contributed by atoms with van der Waals surface area (Å²) in [7, 11) is 2.04. The molecule has 0 unspecified atom stereocenters. The number of pyridine rings is 2. The summed E-state index contributed by atoms with van der Waals surface area (Å²) in [6, 6.07) is 9.93. The predicted octanol–water partition coefficient (Wildman–Crippen LogP) is 2.56. The molecule has 0 saturated carbocycles. The minimum absolute atomic E-state index is 0.618. The van der Waals surface area contributed by atoms with E-state index >= 15 is 0 Å². The molecule has 0 fully saturated rings. The molecule has 0 aliphatic rings. The highest BCUT2D eigenvalue weighted by Gasteiger charge is 2.05. The molecule has 0 amide bonds. The zero-order valence-corrected chi connectivity index (χ0v) is 13.6. The van der Waals surface area contributed by atoms with Gasteiger partial charge in [-0.15, -0.1) is 0 Å². The second kappa shape index (κ2) is 8.01. The van der Waals surface area contributed by atoms with Gasteiger partial charge in [-0.2, -0.15) is 4.98 Å². The summed E-state index contributed by atoms with van der Waals surface area (Å²) < 4.78 is 0. The fourth-order valence-electron chi connectivity index (χ4n) is 2.29. The van der Waals surface area contributed by atoms with Gasteiger partial charge in [0.2, 0.25) is 5.95 Å². The average molecular weight is 320 g/mol. The van der Waals surface area contributed by atoms with Crippen molar-refractivity contribution in [3.05, 3.63) is 72.4 Å². The number of anilines is 2. The van der Waals surface area contributed by atoms with Crippen molar-refractivity contribution in [1.29, 1.82) is 0 Å². The van der Waals surface area contributed by atoms with Gasteiger partial charge in [-0.3, -0.25) is 9.97 Å². The second-order valence-corrected chi connectivity index (χ2v) is 5.48. The van der Waals surface area contributed by atoms with E-state index in [4.69, 9.17) is 0 Å². The maximum Gasteiger partial charge on any atom is 0.224 e. The normalized spacial score (nSPS) is 10.4. The van der Waals surface area contributed by atoms with E-state index in [9.17, 15) is 0 Å². The largest absolute Gasteiger partial charge is 0.359 e. The SMILES string of the molecule is CN(CCc1ccncc1)c1ccnc(NCc2cccnc2)n1. The molecule has 6 heteroatoms. The molecule has 3 heterocycles. The lowest BCUT2D eigenvalue weighted by Gasteiger charge is -2.18. The fourth-order valence-corrected chi connectivity index (χ4v) is 2.29. The predicted molar refractivity (Wildman–Crippen MR) is 94.8 cm³/mol. The first-order chi connectivity index (χ1) is 11.8.